The molecule has 3 heterocycles. The first-order chi connectivity index (χ1) is 23.8. The van der Waals surface area contributed by atoms with Crippen molar-refractivity contribution in [2.75, 3.05) is 27.4 Å². The average Bonchev–Trinajstić information content (AvgIpc) is 3.40. The van der Waals surface area contributed by atoms with Gasteiger partial charge in [-0.25, -0.2) is 4.79 Å². The lowest BCUT2D eigenvalue weighted by Crippen LogP contribution is -2.62. The highest BCUT2D eigenvalue weighted by Gasteiger charge is 2.65. The average molecular weight is 701 g/mol. The van der Waals surface area contributed by atoms with Gasteiger partial charge in [-0.3, -0.25) is 14.3 Å². The van der Waals surface area contributed by atoms with Crippen molar-refractivity contribution >= 4 is 8.32 Å². The van der Waals surface area contributed by atoms with Crippen LogP contribution in [0.2, 0.25) is 18.1 Å². The Morgan fingerprint density at radius 2 is 1.42 bits per heavy atom. The molecule has 1 N–H and O–H groups in total. The summed E-state index contributed by atoms with van der Waals surface area (Å²) in [5.74, 6) is 1.45. The van der Waals surface area contributed by atoms with Crippen LogP contribution in [0.15, 0.2) is 94.6 Å². The summed E-state index contributed by atoms with van der Waals surface area (Å²) in [4.78, 5) is 28.2. The lowest BCUT2D eigenvalue weighted by Gasteiger charge is -2.49. The number of nitrogens with one attached hydrogen (secondary N) is 1. The van der Waals surface area contributed by atoms with E-state index in [0.29, 0.717) is 18.6 Å². The second-order valence-corrected chi connectivity index (χ2v) is 19.4. The summed E-state index contributed by atoms with van der Waals surface area (Å²) in [6.45, 7) is 13.2. The summed E-state index contributed by atoms with van der Waals surface area (Å²) in [7, 11) is 0.861. The minimum atomic E-state index is -2.42. The topological polar surface area (TPSA) is 110 Å². The van der Waals surface area contributed by atoms with Crippen LogP contribution in [0.25, 0.3) is 0 Å². The Balaban J connectivity index is 1.49. The number of methoxy groups -OCH3 is 2. The first-order valence-electron chi connectivity index (χ1n) is 17.0. The Morgan fingerprint density at radius 1 is 0.880 bits per heavy atom. The molecule has 0 amide bonds. The van der Waals surface area contributed by atoms with Crippen LogP contribution in [0, 0.1) is 6.92 Å². The molecule has 0 unspecified atom stereocenters. The van der Waals surface area contributed by atoms with Crippen molar-refractivity contribution in [2.24, 2.45) is 0 Å². The van der Waals surface area contributed by atoms with E-state index in [2.05, 4.69) is 51.0 Å². The Hall–Kier alpha value is -4.00. The van der Waals surface area contributed by atoms with E-state index in [1.54, 1.807) is 27.3 Å². The van der Waals surface area contributed by atoms with E-state index in [9.17, 15) is 9.59 Å². The molecule has 50 heavy (non-hydrogen) atoms. The third-order valence-electron chi connectivity index (χ3n) is 10.7. The van der Waals surface area contributed by atoms with E-state index in [0.717, 1.165) is 28.2 Å². The predicted molar refractivity (Wildman–Crippen MR) is 194 cm³/mol. The molecule has 4 atom stereocenters. The van der Waals surface area contributed by atoms with Crippen molar-refractivity contribution in [3.05, 3.63) is 128 Å². The molecule has 2 saturated heterocycles. The summed E-state index contributed by atoms with van der Waals surface area (Å²) in [5, 5.41) is -0.118. The fourth-order valence-electron chi connectivity index (χ4n) is 6.70. The number of hydrogen-bond donors (Lipinski definition) is 1. The lowest BCUT2D eigenvalue weighted by molar-refractivity contribution is -0.224. The molecule has 11 heteroatoms. The number of hydrogen-bond acceptors (Lipinski definition) is 8. The van der Waals surface area contributed by atoms with Crippen molar-refractivity contribution in [3.8, 4) is 11.5 Å². The monoisotopic (exact) mass is 700 g/mol. The molecule has 0 bridgehead atoms. The lowest BCUT2D eigenvalue weighted by atomic mass is 9.79. The largest absolute Gasteiger partial charge is 0.497 e. The number of benzene rings is 3. The number of ether oxygens (including phenoxy) is 5. The summed E-state index contributed by atoms with van der Waals surface area (Å²) < 4.78 is 40.3. The first kappa shape index (κ1) is 35.8. The highest BCUT2D eigenvalue weighted by atomic mass is 28.4. The Kier molecular flexibility index (Phi) is 9.75. The van der Waals surface area contributed by atoms with Crippen LogP contribution in [0.3, 0.4) is 0 Å². The molecule has 2 fully saturated rings. The maximum absolute atomic E-state index is 13.3. The Labute approximate surface area is 294 Å². The van der Waals surface area contributed by atoms with Gasteiger partial charge in [-0.1, -0.05) is 75.4 Å². The SMILES string of the molecule is COc1ccc(C(OC[C@H]2O[C@@H](n3cc(C)c(=O)[nH]c3=O)[C@@]3(CCO3)[C@@H]2O[Si](C)(C)C(C)(C)C)(c2ccccc2)c2ccc(OC)cc2)cc1. The molecule has 266 valence electrons. The number of aromatic amines is 1. The minimum absolute atomic E-state index is 0.0882. The van der Waals surface area contributed by atoms with Crippen LogP contribution in [-0.2, 0) is 24.2 Å². The van der Waals surface area contributed by atoms with Crippen molar-refractivity contribution < 1.29 is 28.1 Å². The summed E-state index contributed by atoms with van der Waals surface area (Å²) in [5.41, 5.74) is 0.00770. The van der Waals surface area contributed by atoms with E-state index in [4.69, 9.17) is 28.1 Å². The molecule has 3 aromatic carbocycles. The normalized spacial score (nSPS) is 22.4. The van der Waals surface area contributed by atoms with Crippen LogP contribution in [-0.4, -0.2) is 63.1 Å². The number of rotatable bonds is 11. The van der Waals surface area contributed by atoms with E-state index < -0.39 is 49.2 Å². The quantitative estimate of drug-likeness (QED) is 0.143. The zero-order chi connectivity index (χ0) is 35.9. The smallest absolute Gasteiger partial charge is 0.330 e. The zero-order valence-corrected chi connectivity index (χ0v) is 31.1. The van der Waals surface area contributed by atoms with Crippen LogP contribution in [0.4, 0.5) is 0 Å². The molecule has 0 saturated carbocycles. The van der Waals surface area contributed by atoms with Gasteiger partial charge in [0, 0.05) is 18.2 Å². The van der Waals surface area contributed by atoms with Crippen molar-refractivity contribution in [1.29, 1.82) is 0 Å². The minimum Gasteiger partial charge on any atom is -0.497 e. The van der Waals surface area contributed by atoms with Gasteiger partial charge < -0.3 is 28.1 Å². The molecular weight excluding hydrogens is 653 g/mol. The van der Waals surface area contributed by atoms with Crippen molar-refractivity contribution in [1.82, 2.24) is 9.55 Å². The molecule has 4 aromatic rings. The van der Waals surface area contributed by atoms with Gasteiger partial charge in [0.2, 0.25) is 0 Å². The molecular formula is C39H48N2O8Si. The summed E-state index contributed by atoms with van der Waals surface area (Å²) >= 11 is 0. The van der Waals surface area contributed by atoms with Crippen LogP contribution in [0.5, 0.6) is 11.5 Å². The maximum Gasteiger partial charge on any atom is 0.330 e. The standard InChI is InChI=1S/C39H48N2O8Si/c1-26-24-41(36(43)40-34(26)42)35-38(22-23-46-38)33(49-50(7,8)37(2,3)4)32(48-35)25-47-39(27-12-10-9-11-13-27,28-14-18-30(44-5)19-15-28)29-16-20-31(45-6)21-17-29/h9-21,24,32-33,35H,22-23,25H2,1-8H3,(H,40,42,43)/t32-,33-,35-,38-/m1/s1. The molecule has 10 nitrogen and oxygen atoms in total. The highest BCUT2D eigenvalue weighted by Crippen LogP contribution is 2.53. The van der Waals surface area contributed by atoms with E-state index in [1.807, 2.05) is 66.7 Å². The fraction of sp³-hybridized carbons (Fsp3) is 0.436. The first-order valence-corrected chi connectivity index (χ1v) is 19.9. The second-order valence-electron chi connectivity index (χ2n) is 14.7. The zero-order valence-electron chi connectivity index (χ0n) is 30.1. The summed E-state index contributed by atoms with van der Waals surface area (Å²) in [6.07, 6.45) is 0.0920. The van der Waals surface area contributed by atoms with Gasteiger partial charge in [0.15, 0.2) is 14.5 Å². The number of aromatic nitrogens is 2. The summed E-state index contributed by atoms with van der Waals surface area (Å²) in [6, 6.07) is 25.8. The maximum atomic E-state index is 13.3. The molecule has 0 aliphatic carbocycles. The number of H-pyrrole nitrogens is 1. The third kappa shape index (κ3) is 6.26. The fourth-order valence-corrected chi connectivity index (χ4v) is 8.04. The predicted octanol–water partition coefficient (Wildman–Crippen LogP) is 6.32. The van der Waals surface area contributed by atoms with Gasteiger partial charge >= 0.3 is 5.69 Å². The van der Waals surface area contributed by atoms with E-state index in [-0.39, 0.29) is 11.6 Å². The Bertz CT molecular complexity index is 1850. The molecule has 2 aliphatic rings. The van der Waals surface area contributed by atoms with Crippen LogP contribution >= 0.6 is 0 Å². The van der Waals surface area contributed by atoms with Gasteiger partial charge in [-0.15, -0.1) is 0 Å². The Morgan fingerprint density at radius 3 is 1.90 bits per heavy atom. The molecule has 1 aromatic heterocycles. The molecule has 6 rings (SSSR count). The number of nitrogens with zero attached hydrogens (tertiary/aromatic N) is 1. The van der Waals surface area contributed by atoms with Crippen LogP contribution < -0.4 is 20.7 Å². The van der Waals surface area contributed by atoms with Crippen LogP contribution in [0.1, 0.15) is 55.7 Å². The number of aryl methyl sites for hydroxylation is 1. The van der Waals surface area contributed by atoms with Gasteiger partial charge in [0.05, 0.1) is 27.4 Å². The van der Waals surface area contributed by atoms with Gasteiger partial charge in [0.1, 0.15) is 34.9 Å². The third-order valence-corrected chi connectivity index (χ3v) is 15.1. The van der Waals surface area contributed by atoms with Crippen molar-refractivity contribution in [2.45, 2.75) is 81.9 Å². The van der Waals surface area contributed by atoms with Gasteiger partial charge in [0.25, 0.3) is 5.56 Å². The molecule has 0 radical (unpaired) electrons. The second kappa shape index (κ2) is 13.6. The molecule has 2 aliphatic heterocycles. The van der Waals surface area contributed by atoms with Crippen molar-refractivity contribution in [3.63, 3.8) is 0 Å². The highest BCUT2D eigenvalue weighted by molar-refractivity contribution is 6.74. The molecule has 1 spiro atoms. The van der Waals surface area contributed by atoms with Gasteiger partial charge in [-0.05, 0) is 66.0 Å². The van der Waals surface area contributed by atoms with Gasteiger partial charge in [-0.2, -0.15) is 0 Å². The van der Waals surface area contributed by atoms with E-state index in [1.165, 1.54) is 4.57 Å². The van der Waals surface area contributed by atoms with E-state index >= 15 is 0 Å².